The average Bonchev–Trinajstić information content (AvgIpc) is 2.33. The SMILES string of the molecule is CC.CNc1ccc(OCCOC)cc1. The molecule has 0 aliphatic heterocycles. The molecule has 0 radical (unpaired) electrons. The lowest BCUT2D eigenvalue weighted by Gasteiger charge is -2.05. The number of hydrogen-bond donors (Lipinski definition) is 1. The molecule has 0 atom stereocenters. The van der Waals surface area contributed by atoms with Crippen LogP contribution in [0.2, 0.25) is 0 Å². The van der Waals surface area contributed by atoms with Gasteiger partial charge in [0.15, 0.2) is 0 Å². The number of benzene rings is 1. The number of hydrogen-bond acceptors (Lipinski definition) is 3. The van der Waals surface area contributed by atoms with Gasteiger partial charge in [0.05, 0.1) is 6.61 Å². The zero-order chi connectivity index (χ0) is 11.5. The summed E-state index contributed by atoms with van der Waals surface area (Å²) in [4.78, 5) is 0. The maximum Gasteiger partial charge on any atom is 0.119 e. The van der Waals surface area contributed by atoms with E-state index in [4.69, 9.17) is 9.47 Å². The number of nitrogens with one attached hydrogen (secondary N) is 1. The number of rotatable bonds is 5. The highest BCUT2D eigenvalue weighted by atomic mass is 16.5. The van der Waals surface area contributed by atoms with Crippen LogP contribution in [0.5, 0.6) is 5.75 Å². The van der Waals surface area contributed by atoms with E-state index in [0.717, 1.165) is 11.4 Å². The van der Waals surface area contributed by atoms with E-state index in [9.17, 15) is 0 Å². The van der Waals surface area contributed by atoms with Gasteiger partial charge in [0, 0.05) is 19.8 Å². The Morgan fingerprint density at radius 3 is 2.13 bits per heavy atom. The lowest BCUT2D eigenvalue weighted by molar-refractivity contribution is 0.146. The molecule has 0 fully saturated rings. The minimum atomic E-state index is 0.593. The summed E-state index contributed by atoms with van der Waals surface area (Å²) in [6.07, 6.45) is 0. The molecule has 0 unspecified atom stereocenters. The molecule has 86 valence electrons. The Morgan fingerprint density at radius 2 is 1.67 bits per heavy atom. The molecule has 3 nitrogen and oxygen atoms in total. The number of ether oxygens (including phenoxy) is 2. The van der Waals surface area contributed by atoms with Crippen LogP contribution < -0.4 is 10.1 Å². The molecule has 1 aromatic carbocycles. The number of methoxy groups -OCH3 is 1. The van der Waals surface area contributed by atoms with Crippen molar-refractivity contribution < 1.29 is 9.47 Å². The molecule has 0 amide bonds. The van der Waals surface area contributed by atoms with Crippen molar-refractivity contribution in [3.05, 3.63) is 24.3 Å². The van der Waals surface area contributed by atoms with Crippen molar-refractivity contribution in [2.45, 2.75) is 13.8 Å². The maximum atomic E-state index is 5.39. The third-order valence-corrected chi connectivity index (χ3v) is 1.70. The van der Waals surface area contributed by atoms with Gasteiger partial charge < -0.3 is 14.8 Å². The fourth-order valence-corrected chi connectivity index (χ4v) is 0.961. The molecule has 0 saturated carbocycles. The predicted molar refractivity (Wildman–Crippen MR) is 64.7 cm³/mol. The first-order chi connectivity index (χ1) is 7.36. The molecular weight excluding hydrogens is 190 g/mol. The Bertz CT molecular complexity index is 234. The van der Waals surface area contributed by atoms with Crippen molar-refractivity contribution in [2.24, 2.45) is 0 Å². The summed E-state index contributed by atoms with van der Waals surface area (Å²) < 4.78 is 10.3. The van der Waals surface area contributed by atoms with Crippen LogP contribution in [0.15, 0.2) is 24.3 Å². The van der Waals surface area contributed by atoms with Crippen molar-refractivity contribution in [3.8, 4) is 5.75 Å². The fourth-order valence-electron chi connectivity index (χ4n) is 0.961. The normalized spacial score (nSPS) is 8.80. The van der Waals surface area contributed by atoms with E-state index < -0.39 is 0 Å². The Hall–Kier alpha value is -1.22. The van der Waals surface area contributed by atoms with E-state index in [1.165, 1.54) is 0 Å². The number of anilines is 1. The Kier molecular flexibility index (Phi) is 8.58. The second-order valence-electron chi connectivity index (χ2n) is 2.62. The van der Waals surface area contributed by atoms with Gasteiger partial charge in [-0.3, -0.25) is 0 Å². The highest BCUT2D eigenvalue weighted by Gasteiger charge is 1.92. The van der Waals surface area contributed by atoms with Crippen LogP contribution in [0.4, 0.5) is 5.69 Å². The smallest absolute Gasteiger partial charge is 0.119 e. The fraction of sp³-hybridized carbons (Fsp3) is 0.500. The molecule has 0 spiro atoms. The molecule has 1 N–H and O–H groups in total. The molecule has 1 aromatic rings. The van der Waals surface area contributed by atoms with Crippen LogP contribution in [0, 0.1) is 0 Å². The standard InChI is InChI=1S/C10H15NO2.C2H6/c1-11-9-3-5-10(6-4-9)13-8-7-12-2;1-2/h3-6,11H,7-8H2,1-2H3;1-2H3. The van der Waals surface area contributed by atoms with Crippen LogP contribution in [0.3, 0.4) is 0 Å². The zero-order valence-corrected chi connectivity index (χ0v) is 10.0. The van der Waals surface area contributed by atoms with E-state index >= 15 is 0 Å². The lowest BCUT2D eigenvalue weighted by Crippen LogP contribution is -2.04. The summed E-state index contributed by atoms with van der Waals surface area (Å²) in [5.41, 5.74) is 1.08. The first-order valence-corrected chi connectivity index (χ1v) is 5.26. The Labute approximate surface area is 92.4 Å². The van der Waals surface area contributed by atoms with Crippen LogP contribution >= 0.6 is 0 Å². The van der Waals surface area contributed by atoms with Gasteiger partial charge in [-0.25, -0.2) is 0 Å². The molecule has 0 bridgehead atoms. The van der Waals surface area contributed by atoms with Gasteiger partial charge in [-0.1, -0.05) is 13.8 Å². The van der Waals surface area contributed by atoms with Gasteiger partial charge in [0.1, 0.15) is 12.4 Å². The molecular formula is C12H21NO2. The summed E-state index contributed by atoms with van der Waals surface area (Å²) >= 11 is 0. The van der Waals surface area contributed by atoms with Gasteiger partial charge in [0.25, 0.3) is 0 Å². The van der Waals surface area contributed by atoms with Crippen molar-refractivity contribution in [1.82, 2.24) is 0 Å². The molecule has 0 aliphatic carbocycles. The summed E-state index contributed by atoms with van der Waals surface area (Å²) in [6, 6.07) is 7.81. The van der Waals surface area contributed by atoms with E-state index in [2.05, 4.69) is 5.32 Å². The first-order valence-electron chi connectivity index (χ1n) is 5.26. The largest absolute Gasteiger partial charge is 0.491 e. The molecule has 0 saturated heterocycles. The highest BCUT2D eigenvalue weighted by molar-refractivity contribution is 5.45. The van der Waals surface area contributed by atoms with Gasteiger partial charge in [-0.15, -0.1) is 0 Å². The van der Waals surface area contributed by atoms with Gasteiger partial charge in [0.2, 0.25) is 0 Å². The van der Waals surface area contributed by atoms with Crippen LogP contribution in [-0.4, -0.2) is 27.4 Å². The summed E-state index contributed by atoms with van der Waals surface area (Å²) in [5, 5.41) is 3.04. The topological polar surface area (TPSA) is 30.5 Å². The van der Waals surface area contributed by atoms with Crippen LogP contribution in [-0.2, 0) is 4.74 Å². The Balaban J connectivity index is 0.000000921. The third-order valence-electron chi connectivity index (χ3n) is 1.70. The summed E-state index contributed by atoms with van der Waals surface area (Å²) in [7, 11) is 3.55. The summed E-state index contributed by atoms with van der Waals surface area (Å²) in [5.74, 6) is 0.871. The van der Waals surface area contributed by atoms with E-state index in [1.807, 2.05) is 45.2 Å². The quantitative estimate of drug-likeness (QED) is 0.760. The molecule has 1 rings (SSSR count). The van der Waals surface area contributed by atoms with E-state index in [0.29, 0.717) is 13.2 Å². The average molecular weight is 211 g/mol. The molecule has 0 aromatic heterocycles. The van der Waals surface area contributed by atoms with Gasteiger partial charge in [-0.2, -0.15) is 0 Å². The zero-order valence-electron chi connectivity index (χ0n) is 10.0. The van der Waals surface area contributed by atoms with Crippen molar-refractivity contribution in [1.29, 1.82) is 0 Å². The molecule has 0 aliphatic rings. The minimum absolute atomic E-state index is 0.593. The lowest BCUT2D eigenvalue weighted by atomic mass is 10.3. The highest BCUT2D eigenvalue weighted by Crippen LogP contribution is 2.14. The first kappa shape index (κ1) is 13.8. The van der Waals surface area contributed by atoms with Crippen molar-refractivity contribution >= 4 is 5.69 Å². The second kappa shape index (κ2) is 9.34. The van der Waals surface area contributed by atoms with Gasteiger partial charge >= 0.3 is 0 Å². The van der Waals surface area contributed by atoms with E-state index in [1.54, 1.807) is 7.11 Å². The van der Waals surface area contributed by atoms with Crippen molar-refractivity contribution in [2.75, 3.05) is 32.7 Å². The van der Waals surface area contributed by atoms with Crippen LogP contribution in [0.1, 0.15) is 13.8 Å². The molecule has 0 heterocycles. The molecule has 15 heavy (non-hydrogen) atoms. The van der Waals surface area contributed by atoms with Crippen molar-refractivity contribution in [3.63, 3.8) is 0 Å². The van der Waals surface area contributed by atoms with Crippen LogP contribution in [0.25, 0.3) is 0 Å². The summed E-state index contributed by atoms with van der Waals surface area (Å²) in [6.45, 7) is 5.21. The monoisotopic (exact) mass is 211 g/mol. The maximum absolute atomic E-state index is 5.39. The Morgan fingerprint density at radius 1 is 1.07 bits per heavy atom. The van der Waals surface area contributed by atoms with E-state index in [-0.39, 0.29) is 0 Å². The predicted octanol–water partition coefficient (Wildman–Crippen LogP) is 2.78. The molecule has 3 heteroatoms. The minimum Gasteiger partial charge on any atom is -0.491 e. The third kappa shape index (κ3) is 5.96. The second-order valence-corrected chi connectivity index (χ2v) is 2.62. The van der Waals surface area contributed by atoms with Gasteiger partial charge in [-0.05, 0) is 24.3 Å².